The van der Waals surface area contributed by atoms with Crippen LogP contribution >= 0.6 is 12.2 Å². The van der Waals surface area contributed by atoms with Gasteiger partial charge in [0.15, 0.2) is 0 Å². The second-order valence-corrected chi connectivity index (χ2v) is 4.74. The maximum Gasteiger partial charge on any atom is 0.106 e. The van der Waals surface area contributed by atoms with Gasteiger partial charge < -0.3 is 11.1 Å². The summed E-state index contributed by atoms with van der Waals surface area (Å²) in [6, 6.07) is 7.93. The molecule has 16 heavy (non-hydrogen) atoms. The zero-order valence-corrected chi connectivity index (χ0v) is 11.0. The molecule has 1 aromatic carbocycles. The van der Waals surface area contributed by atoms with E-state index in [1.165, 1.54) is 0 Å². The third kappa shape index (κ3) is 2.95. The summed E-state index contributed by atoms with van der Waals surface area (Å²) in [6.45, 7) is 6.57. The highest BCUT2D eigenvalue weighted by Crippen LogP contribution is 2.24. The SMILES string of the molecule is CCC(C)(CC)Nc1ccccc1C(N)=S. The lowest BCUT2D eigenvalue weighted by Gasteiger charge is -2.30. The fraction of sp³-hybridized carbons (Fsp3) is 0.462. The normalized spacial score (nSPS) is 11.2. The summed E-state index contributed by atoms with van der Waals surface area (Å²) in [4.78, 5) is 0.442. The quantitative estimate of drug-likeness (QED) is 0.770. The Morgan fingerprint density at radius 3 is 2.38 bits per heavy atom. The molecule has 0 aliphatic carbocycles. The van der Waals surface area contributed by atoms with Crippen LogP contribution < -0.4 is 11.1 Å². The molecule has 0 heterocycles. The highest BCUT2D eigenvalue weighted by Gasteiger charge is 2.20. The van der Waals surface area contributed by atoms with E-state index in [9.17, 15) is 0 Å². The van der Waals surface area contributed by atoms with Crippen molar-refractivity contribution >= 4 is 22.9 Å². The Hall–Kier alpha value is -1.09. The first-order valence-electron chi connectivity index (χ1n) is 5.69. The molecule has 0 amide bonds. The molecule has 3 N–H and O–H groups in total. The fourth-order valence-electron chi connectivity index (χ4n) is 1.56. The van der Waals surface area contributed by atoms with Gasteiger partial charge in [-0.1, -0.05) is 38.2 Å². The largest absolute Gasteiger partial charge is 0.389 e. The summed E-state index contributed by atoms with van der Waals surface area (Å²) in [7, 11) is 0. The monoisotopic (exact) mass is 236 g/mol. The first-order chi connectivity index (χ1) is 7.52. The molecule has 0 radical (unpaired) electrons. The standard InChI is InChI=1S/C13H20N2S/c1-4-13(3,5-2)15-11-9-7-6-8-10(11)12(14)16/h6-9,15H,4-5H2,1-3H3,(H2,14,16). The van der Waals surface area contributed by atoms with Crippen LogP contribution in [-0.2, 0) is 0 Å². The molecule has 0 aliphatic heterocycles. The third-order valence-electron chi connectivity index (χ3n) is 3.19. The first-order valence-corrected chi connectivity index (χ1v) is 6.10. The maximum absolute atomic E-state index is 5.71. The molecule has 0 spiro atoms. The predicted molar refractivity (Wildman–Crippen MR) is 74.9 cm³/mol. The summed E-state index contributed by atoms with van der Waals surface area (Å²) in [6.07, 6.45) is 2.13. The third-order valence-corrected chi connectivity index (χ3v) is 3.41. The van der Waals surface area contributed by atoms with Gasteiger partial charge in [-0.05, 0) is 31.9 Å². The highest BCUT2D eigenvalue weighted by atomic mass is 32.1. The van der Waals surface area contributed by atoms with Crippen LogP contribution in [0.4, 0.5) is 5.69 Å². The van der Waals surface area contributed by atoms with Gasteiger partial charge in [0.1, 0.15) is 4.99 Å². The molecule has 88 valence electrons. The first kappa shape index (κ1) is 13.0. The molecule has 2 nitrogen and oxygen atoms in total. The average Bonchev–Trinajstić information content (AvgIpc) is 2.29. The van der Waals surface area contributed by atoms with Gasteiger partial charge in [0.05, 0.1) is 0 Å². The lowest BCUT2D eigenvalue weighted by Crippen LogP contribution is -2.33. The topological polar surface area (TPSA) is 38.0 Å². The zero-order chi connectivity index (χ0) is 12.2. The van der Waals surface area contributed by atoms with E-state index in [2.05, 4.69) is 26.1 Å². The second kappa shape index (κ2) is 5.30. The van der Waals surface area contributed by atoms with E-state index in [1.54, 1.807) is 0 Å². The van der Waals surface area contributed by atoms with Crippen LogP contribution in [0.5, 0.6) is 0 Å². The predicted octanol–water partition coefficient (Wildman–Crippen LogP) is 3.31. The summed E-state index contributed by atoms with van der Waals surface area (Å²) < 4.78 is 0. The van der Waals surface area contributed by atoms with Crippen LogP contribution in [0.25, 0.3) is 0 Å². The van der Waals surface area contributed by atoms with Gasteiger partial charge in [0, 0.05) is 16.8 Å². The molecule has 0 fully saturated rings. The molecule has 0 atom stereocenters. The molecule has 0 bridgehead atoms. The minimum Gasteiger partial charge on any atom is -0.389 e. The Labute approximate surface area is 103 Å². The maximum atomic E-state index is 5.71. The number of nitrogens with one attached hydrogen (secondary N) is 1. The van der Waals surface area contributed by atoms with Crippen LogP contribution in [0, 0.1) is 0 Å². The number of rotatable bonds is 5. The summed E-state index contributed by atoms with van der Waals surface area (Å²) in [5.41, 5.74) is 7.76. The Balaban J connectivity index is 3.01. The van der Waals surface area contributed by atoms with Crippen LogP contribution in [0.2, 0.25) is 0 Å². The Morgan fingerprint density at radius 1 is 1.31 bits per heavy atom. The fourth-order valence-corrected chi connectivity index (χ4v) is 1.74. The summed E-state index contributed by atoms with van der Waals surface area (Å²) in [5.74, 6) is 0. The van der Waals surface area contributed by atoms with E-state index in [4.69, 9.17) is 18.0 Å². The van der Waals surface area contributed by atoms with Crippen molar-refractivity contribution in [3.8, 4) is 0 Å². The second-order valence-electron chi connectivity index (χ2n) is 4.30. The molecule has 0 aromatic heterocycles. The highest BCUT2D eigenvalue weighted by molar-refractivity contribution is 7.80. The van der Waals surface area contributed by atoms with Crippen molar-refractivity contribution in [3.63, 3.8) is 0 Å². The lowest BCUT2D eigenvalue weighted by atomic mass is 9.94. The molecule has 1 rings (SSSR count). The molecule has 0 saturated carbocycles. The van der Waals surface area contributed by atoms with Crippen molar-refractivity contribution in [2.45, 2.75) is 39.2 Å². The number of hydrogen-bond acceptors (Lipinski definition) is 2. The van der Waals surface area contributed by atoms with Gasteiger partial charge >= 0.3 is 0 Å². The van der Waals surface area contributed by atoms with E-state index in [1.807, 2.05) is 24.3 Å². The van der Waals surface area contributed by atoms with E-state index in [0.717, 1.165) is 24.1 Å². The van der Waals surface area contributed by atoms with E-state index in [-0.39, 0.29) is 5.54 Å². The molecular weight excluding hydrogens is 216 g/mol. The van der Waals surface area contributed by atoms with Crippen molar-refractivity contribution < 1.29 is 0 Å². The van der Waals surface area contributed by atoms with Crippen LogP contribution in [0.1, 0.15) is 39.2 Å². The summed E-state index contributed by atoms with van der Waals surface area (Å²) in [5, 5.41) is 3.54. The zero-order valence-electron chi connectivity index (χ0n) is 10.2. The van der Waals surface area contributed by atoms with Crippen molar-refractivity contribution in [2.75, 3.05) is 5.32 Å². The molecule has 3 heteroatoms. The number of anilines is 1. The number of nitrogens with two attached hydrogens (primary N) is 1. The Kier molecular flexibility index (Phi) is 4.30. The van der Waals surface area contributed by atoms with E-state index in [0.29, 0.717) is 4.99 Å². The van der Waals surface area contributed by atoms with Crippen LogP contribution in [0.15, 0.2) is 24.3 Å². The smallest absolute Gasteiger partial charge is 0.106 e. The number of thiocarbonyl (C=S) groups is 1. The minimum atomic E-state index is 0.0981. The van der Waals surface area contributed by atoms with Crippen molar-refractivity contribution in [1.82, 2.24) is 0 Å². The van der Waals surface area contributed by atoms with Gasteiger partial charge in [-0.2, -0.15) is 0 Å². The molecule has 0 aliphatic rings. The number of para-hydroxylation sites is 1. The van der Waals surface area contributed by atoms with Gasteiger partial charge in [0.25, 0.3) is 0 Å². The molecule has 1 aromatic rings. The number of hydrogen-bond donors (Lipinski definition) is 2. The minimum absolute atomic E-state index is 0.0981. The van der Waals surface area contributed by atoms with Gasteiger partial charge in [-0.15, -0.1) is 0 Å². The number of benzene rings is 1. The van der Waals surface area contributed by atoms with E-state index < -0.39 is 0 Å². The molecular formula is C13H20N2S. The molecule has 0 unspecified atom stereocenters. The molecule has 0 saturated heterocycles. The van der Waals surface area contributed by atoms with Gasteiger partial charge in [-0.3, -0.25) is 0 Å². The average molecular weight is 236 g/mol. The van der Waals surface area contributed by atoms with Gasteiger partial charge in [0.2, 0.25) is 0 Å². The van der Waals surface area contributed by atoms with Crippen LogP contribution in [0.3, 0.4) is 0 Å². The lowest BCUT2D eigenvalue weighted by molar-refractivity contribution is 0.478. The summed E-state index contributed by atoms with van der Waals surface area (Å²) >= 11 is 5.05. The van der Waals surface area contributed by atoms with Crippen LogP contribution in [-0.4, -0.2) is 10.5 Å². The van der Waals surface area contributed by atoms with E-state index >= 15 is 0 Å². The Morgan fingerprint density at radius 2 is 1.88 bits per heavy atom. The Bertz CT molecular complexity index is 370. The van der Waals surface area contributed by atoms with Gasteiger partial charge in [-0.25, -0.2) is 0 Å². The van der Waals surface area contributed by atoms with Crippen molar-refractivity contribution in [1.29, 1.82) is 0 Å². The van der Waals surface area contributed by atoms with Crippen molar-refractivity contribution in [2.24, 2.45) is 5.73 Å². The van der Waals surface area contributed by atoms with Crippen molar-refractivity contribution in [3.05, 3.63) is 29.8 Å².